The zero-order valence-electron chi connectivity index (χ0n) is 23.0. The third kappa shape index (κ3) is 8.69. The van der Waals surface area contributed by atoms with Crippen LogP contribution < -0.4 is 28.9 Å². The van der Waals surface area contributed by atoms with E-state index in [-0.39, 0.29) is 20.3 Å². The molecule has 0 spiro atoms. The molecule has 0 heterocycles. The Hall–Kier alpha value is -2.69. The number of hydrogen-bond donors (Lipinski definition) is 2. The van der Waals surface area contributed by atoms with Gasteiger partial charge in [0.15, 0.2) is 0 Å². The van der Waals surface area contributed by atoms with Crippen molar-refractivity contribution in [3.8, 4) is 16.9 Å². The van der Waals surface area contributed by atoms with E-state index in [2.05, 4.69) is 5.32 Å². The second-order valence-electron chi connectivity index (χ2n) is 8.46. The van der Waals surface area contributed by atoms with Gasteiger partial charge in [-0.1, -0.05) is 48.5 Å². The normalized spacial score (nSPS) is 11.3. The molecule has 3 aromatic rings. The van der Waals surface area contributed by atoms with E-state index in [1.165, 1.54) is 0 Å². The van der Waals surface area contributed by atoms with E-state index in [1.807, 2.05) is 73.8 Å². The molecule has 3 rings (SSSR count). The summed E-state index contributed by atoms with van der Waals surface area (Å²) < 4.78 is 11.4. The number of aryl methyl sites for hydroxylation is 1. The van der Waals surface area contributed by atoms with Gasteiger partial charge in [0.2, 0.25) is 0 Å². The van der Waals surface area contributed by atoms with Crippen molar-refractivity contribution in [2.24, 2.45) is 0 Å². The van der Waals surface area contributed by atoms with Crippen LogP contribution in [0.25, 0.3) is 11.1 Å². The number of carbonyl (C=O) groups excluding carboxylic acids is 1. The van der Waals surface area contributed by atoms with Gasteiger partial charge in [-0.15, -0.1) is 0 Å². The van der Waals surface area contributed by atoms with Gasteiger partial charge in [-0.25, -0.2) is 4.79 Å². The average molecular weight is 516 g/mol. The predicted molar refractivity (Wildman–Crippen MR) is 146 cm³/mol. The van der Waals surface area contributed by atoms with Crippen LogP contribution in [0.1, 0.15) is 34.9 Å². The molecule has 0 aliphatic rings. The fourth-order valence-electron chi connectivity index (χ4n) is 3.99. The van der Waals surface area contributed by atoms with Gasteiger partial charge in [-0.05, 0) is 77.8 Å². The van der Waals surface area contributed by atoms with Gasteiger partial charge in [0.1, 0.15) is 11.8 Å². The molecule has 0 aliphatic heterocycles. The average Bonchev–Trinajstić information content (AvgIpc) is 2.89. The third-order valence-corrected chi connectivity index (χ3v) is 6.60. The monoisotopic (exact) mass is 515 g/mol. The van der Waals surface area contributed by atoms with Crippen molar-refractivity contribution in [1.82, 2.24) is 5.32 Å². The van der Waals surface area contributed by atoms with Gasteiger partial charge in [0, 0.05) is 5.56 Å². The third-order valence-electron chi connectivity index (χ3n) is 5.95. The first-order valence-electron chi connectivity index (χ1n) is 11.9. The van der Waals surface area contributed by atoms with Crippen molar-refractivity contribution >= 4 is 23.6 Å². The summed E-state index contributed by atoms with van der Waals surface area (Å²) in [6.07, 6.45) is 3.00. The first-order valence-corrected chi connectivity index (χ1v) is 13.2. The SMILES string of the molecule is COc1ccccc1CCOCc1ccc(C(=O)NC(CCSC)C(=O)O)c(-c2ccccc2C)c1.[H-].[Li+]. The van der Waals surface area contributed by atoms with E-state index in [1.54, 1.807) is 24.9 Å². The summed E-state index contributed by atoms with van der Waals surface area (Å²) in [6, 6.07) is 20.3. The molecule has 3 aromatic carbocycles. The number of hydrogen-bond acceptors (Lipinski definition) is 5. The van der Waals surface area contributed by atoms with Gasteiger partial charge in [0.05, 0.1) is 20.3 Å². The van der Waals surface area contributed by atoms with Crippen LogP contribution >= 0.6 is 11.8 Å². The van der Waals surface area contributed by atoms with Crippen molar-refractivity contribution in [2.75, 3.05) is 25.7 Å². The van der Waals surface area contributed by atoms with E-state index in [4.69, 9.17) is 9.47 Å². The zero-order valence-corrected chi connectivity index (χ0v) is 22.8. The second-order valence-corrected chi connectivity index (χ2v) is 9.44. The number of methoxy groups -OCH3 is 1. The molecule has 8 heteroatoms. The van der Waals surface area contributed by atoms with E-state index in [9.17, 15) is 14.7 Å². The Kier molecular flexibility index (Phi) is 12.8. The molecule has 1 unspecified atom stereocenters. The Morgan fingerprint density at radius 2 is 1.78 bits per heavy atom. The number of carboxylic acids is 1. The summed E-state index contributed by atoms with van der Waals surface area (Å²) in [4.78, 5) is 24.9. The van der Waals surface area contributed by atoms with E-state index in [0.29, 0.717) is 31.0 Å². The maximum absolute atomic E-state index is 13.2. The van der Waals surface area contributed by atoms with Crippen LogP contribution in [0, 0.1) is 6.92 Å². The van der Waals surface area contributed by atoms with Crippen LogP contribution in [-0.2, 0) is 22.6 Å². The van der Waals surface area contributed by atoms with Gasteiger partial charge in [0.25, 0.3) is 5.91 Å². The van der Waals surface area contributed by atoms with Crippen LogP contribution in [-0.4, -0.2) is 48.8 Å². The number of rotatable bonds is 13. The summed E-state index contributed by atoms with van der Waals surface area (Å²) in [7, 11) is 1.66. The predicted octanol–water partition coefficient (Wildman–Crippen LogP) is 2.48. The largest absolute Gasteiger partial charge is 1.00 e. The molecule has 1 atom stereocenters. The van der Waals surface area contributed by atoms with E-state index < -0.39 is 17.9 Å². The Morgan fingerprint density at radius 1 is 1.05 bits per heavy atom. The van der Waals surface area contributed by atoms with Crippen molar-refractivity contribution in [3.63, 3.8) is 0 Å². The minimum absolute atomic E-state index is 0. The number of thioether (sulfide) groups is 1. The first-order chi connectivity index (χ1) is 17.4. The van der Waals surface area contributed by atoms with Gasteiger partial charge < -0.3 is 21.3 Å². The molecule has 0 saturated heterocycles. The molecular formula is C29H34LiNO5S. The Bertz CT molecular complexity index is 1190. The smallest absolute Gasteiger partial charge is 1.00 e. The number of carboxylic acid groups (broad SMARTS) is 1. The van der Waals surface area contributed by atoms with Gasteiger partial charge in [-0.3, -0.25) is 4.79 Å². The number of ether oxygens (including phenoxy) is 2. The molecule has 0 saturated carbocycles. The van der Waals surface area contributed by atoms with Gasteiger partial charge >= 0.3 is 24.8 Å². The van der Waals surface area contributed by atoms with E-state index >= 15 is 0 Å². The number of nitrogens with one attached hydrogen (secondary N) is 1. The fourth-order valence-corrected chi connectivity index (χ4v) is 4.46. The molecule has 37 heavy (non-hydrogen) atoms. The van der Waals surface area contributed by atoms with Crippen molar-refractivity contribution in [3.05, 3.63) is 89.0 Å². The number of carbonyl (C=O) groups is 2. The molecular weight excluding hydrogens is 481 g/mol. The minimum Gasteiger partial charge on any atom is -1.00 e. The molecule has 0 aliphatic carbocycles. The van der Waals surface area contributed by atoms with Crippen molar-refractivity contribution in [2.45, 2.75) is 32.4 Å². The Balaban J connectivity index is 0.00000361. The standard InChI is InChI=1S/C29H33NO5S.Li.H/c1-20-8-4-6-10-23(20)25-18-21(19-35-16-14-22-9-5-7-11-27(22)34-2)12-13-24(25)28(31)30-26(29(32)33)15-17-36-3;;/h4-13,18,26H,14-17,19H2,1-3H3,(H,30,31)(H,32,33);;/q;+1;-1. The maximum Gasteiger partial charge on any atom is 1.00 e. The summed E-state index contributed by atoms with van der Waals surface area (Å²) in [5.74, 6) is 0.0586. The molecule has 6 nitrogen and oxygen atoms in total. The van der Waals surface area contributed by atoms with Crippen LogP contribution in [0.3, 0.4) is 0 Å². The molecule has 1 amide bonds. The molecule has 192 valence electrons. The number of aliphatic carboxylic acids is 1. The van der Waals surface area contributed by atoms with Crippen LogP contribution in [0.5, 0.6) is 5.75 Å². The van der Waals surface area contributed by atoms with Crippen LogP contribution in [0.15, 0.2) is 66.7 Å². The summed E-state index contributed by atoms with van der Waals surface area (Å²) in [5, 5.41) is 12.3. The van der Waals surface area contributed by atoms with E-state index in [0.717, 1.165) is 40.0 Å². The number of para-hydroxylation sites is 1. The fraction of sp³-hybridized carbons (Fsp3) is 0.310. The molecule has 0 fully saturated rings. The Labute approximate surface area is 236 Å². The minimum atomic E-state index is -1.03. The summed E-state index contributed by atoms with van der Waals surface area (Å²) in [5.41, 5.74) is 5.17. The molecule has 0 radical (unpaired) electrons. The number of benzene rings is 3. The maximum atomic E-state index is 13.2. The zero-order chi connectivity index (χ0) is 25.9. The van der Waals surface area contributed by atoms with Crippen molar-refractivity contribution < 1.29 is 44.5 Å². The first kappa shape index (κ1) is 30.5. The second kappa shape index (κ2) is 15.5. The number of amides is 1. The summed E-state index contributed by atoms with van der Waals surface area (Å²) in [6.45, 7) is 2.91. The molecule has 0 bridgehead atoms. The summed E-state index contributed by atoms with van der Waals surface area (Å²) >= 11 is 1.55. The Morgan fingerprint density at radius 3 is 2.49 bits per heavy atom. The van der Waals surface area contributed by atoms with Crippen molar-refractivity contribution in [1.29, 1.82) is 0 Å². The molecule has 0 aromatic heterocycles. The van der Waals surface area contributed by atoms with Gasteiger partial charge in [-0.2, -0.15) is 11.8 Å². The quantitative estimate of drug-likeness (QED) is 0.269. The van der Waals surface area contributed by atoms with Crippen LogP contribution in [0.4, 0.5) is 0 Å². The molecule has 2 N–H and O–H groups in total. The van der Waals surface area contributed by atoms with Crippen LogP contribution in [0.2, 0.25) is 0 Å². The topological polar surface area (TPSA) is 84.9 Å².